The van der Waals surface area contributed by atoms with Gasteiger partial charge >= 0.3 is 46.1 Å². The molecule has 40 valence electrons. The second-order valence-electron chi connectivity index (χ2n) is 3.03. The second-order valence-corrected chi connectivity index (χ2v) is 3.03. The van der Waals surface area contributed by atoms with Gasteiger partial charge in [-0.25, -0.2) is 0 Å². The van der Waals surface area contributed by atoms with Crippen LogP contribution in [0.5, 0.6) is 0 Å². The number of hydrogen-bond donors (Lipinski definition) is 0. The first-order chi connectivity index (χ1) is 2.94. The van der Waals surface area contributed by atoms with Crippen LogP contribution in [0.4, 0.5) is 0 Å². The zero-order chi connectivity index (χ0) is 6.08. The molecular weight excluding hydrogens is 82.9 g/mol. The minimum absolute atomic E-state index is 0.306. The van der Waals surface area contributed by atoms with Crippen molar-refractivity contribution in [2.24, 2.45) is 5.41 Å². The third kappa shape index (κ3) is 2.61. The summed E-state index contributed by atoms with van der Waals surface area (Å²) in [6, 6.07) is 0. The van der Waals surface area contributed by atoms with Crippen LogP contribution in [0.15, 0.2) is 0 Å². The average molecular weight is 96.0 g/mol. The van der Waals surface area contributed by atoms with Gasteiger partial charge in [-0.05, 0) is 0 Å². The van der Waals surface area contributed by atoms with Crippen molar-refractivity contribution in [3.63, 3.8) is 0 Å². The summed E-state index contributed by atoms with van der Waals surface area (Å²) in [7, 11) is 3.83. The van der Waals surface area contributed by atoms with E-state index in [0.29, 0.717) is 5.41 Å². The van der Waals surface area contributed by atoms with E-state index in [-0.39, 0.29) is 0 Å². The molecule has 0 aliphatic heterocycles. The van der Waals surface area contributed by atoms with Crippen molar-refractivity contribution in [1.29, 1.82) is 0 Å². The van der Waals surface area contributed by atoms with Crippen LogP contribution in [0.2, 0.25) is 0 Å². The molecule has 0 saturated carbocycles. The van der Waals surface area contributed by atoms with Gasteiger partial charge in [0.05, 0.1) is 0 Å². The minimum atomic E-state index is 0.306. The van der Waals surface area contributed by atoms with Crippen LogP contribution in [0.25, 0.3) is 0 Å². The molecule has 1 heteroatoms. The molecule has 0 radical (unpaired) electrons. The van der Waals surface area contributed by atoms with Crippen molar-refractivity contribution in [1.82, 2.24) is 0 Å². The quantitative estimate of drug-likeness (QED) is 0.396. The van der Waals surface area contributed by atoms with Crippen LogP contribution in [0.3, 0.4) is 0 Å². The van der Waals surface area contributed by atoms with E-state index in [9.17, 15) is 0 Å². The summed E-state index contributed by atoms with van der Waals surface area (Å²) in [5.74, 6) is 0. The van der Waals surface area contributed by atoms with E-state index in [4.69, 9.17) is 0 Å². The zero-order valence-electron chi connectivity index (χ0n) is 5.71. The van der Waals surface area contributed by atoms with Gasteiger partial charge in [0, 0.05) is 0 Å². The molecule has 0 aliphatic rings. The number of rotatable bonds is 0. The van der Waals surface area contributed by atoms with E-state index in [2.05, 4.69) is 35.2 Å². The molecule has 0 amide bonds. The van der Waals surface area contributed by atoms with E-state index in [1.165, 1.54) is 5.46 Å². The Kier molecular flexibility index (Phi) is 1.79. The summed E-state index contributed by atoms with van der Waals surface area (Å²) >= 11 is 0. The van der Waals surface area contributed by atoms with Crippen molar-refractivity contribution >= 4 is 13.0 Å². The molecule has 0 aliphatic carbocycles. The molecule has 0 N–H and O–H groups in total. The fourth-order valence-electron chi connectivity index (χ4n) is 0. The Morgan fingerprint density at radius 3 is 1.43 bits per heavy atom. The maximum absolute atomic E-state index is 3.83. The molecule has 0 atom stereocenters. The van der Waals surface area contributed by atoms with Gasteiger partial charge in [-0.3, -0.25) is 0 Å². The molecule has 0 aromatic heterocycles. The predicted octanol–water partition coefficient (Wildman–Crippen LogP) is 1.13. The third-order valence-corrected chi connectivity index (χ3v) is 1.28. The van der Waals surface area contributed by atoms with Crippen LogP contribution < -0.4 is 0 Å². The van der Waals surface area contributed by atoms with Crippen molar-refractivity contribution in [3.8, 4) is 0 Å². The van der Waals surface area contributed by atoms with E-state index in [1.54, 1.807) is 0 Å². The summed E-state index contributed by atoms with van der Waals surface area (Å²) in [6.07, 6.45) is 0. The summed E-state index contributed by atoms with van der Waals surface area (Å²) in [5.41, 5.74) is 1.55. The van der Waals surface area contributed by atoms with Gasteiger partial charge in [0.2, 0.25) is 0 Å². The van der Waals surface area contributed by atoms with Gasteiger partial charge in [0.15, 0.2) is 0 Å². The molecule has 0 nitrogen and oxygen atoms in total. The van der Waals surface area contributed by atoms with Crippen LogP contribution in [-0.2, 0) is 0 Å². The Bertz CT molecular complexity index is 76.7. The zero-order valence-corrected chi connectivity index (χ0v) is 5.71. The predicted molar refractivity (Wildman–Crippen MR) is 37.3 cm³/mol. The molecule has 0 rings (SSSR count). The monoisotopic (exact) mass is 96.1 g/mol. The first-order valence-electron chi connectivity index (χ1n) is 2.60. The standard InChI is InChI=1S/C6H13B/c1-5(7)6(2,3)4/h7H,1-4H3. The Morgan fingerprint density at radius 1 is 1.29 bits per heavy atom. The summed E-state index contributed by atoms with van der Waals surface area (Å²) in [5, 5.41) is 0. The molecule has 0 unspecified atom stereocenters. The van der Waals surface area contributed by atoms with E-state index < -0.39 is 0 Å². The number of hydrogen-bond acceptors (Lipinski definition) is 0. The summed E-state index contributed by atoms with van der Waals surface area (Å²) in [4.78, 5) is 0. The van der Waals surface area contributed by atoms with Gasteiger partial charge in [-0.15, -0.1) is 0 Å². The molecule has 0 heterocycles. The van der Waals surface area contributed by atoms with Crippen molar-refractivity contribution < 1.29 is 0 Å². The topological polar surface area (TPSA) is 0 Å². The first kappa shape index (κ1) is 6.93. The van der Waals surface area contributed by atoms with Gasteiger partial charge in [0.25, 0.3) is 0 Å². The molecular formula is C6H13B. The molecule has 0 aromatic carbocycles. The molecule has 7 heavy (non-hydrogen) atoms. The summed E-state index contributed by atoms with van der Waals surface area (Å²) < 4.78 is 0. The van der Waals surface area contributed by atoms with Gasteiger partial charge in [-0.1, -0.05) is 0 Å². The molecule has 0 fully saturated rings. The second kappa shape index (κ2) is 1.81. The first-order valence-corrected chi connectivity index (χ1v) is 2.60. The van der Waals surface area contributed by atoms with Crippen LogP contribution in [-0.4, -0.2) is 13.0 Å². The average Bonchev–Trinajstić information content (AvgIpc) is 1.31. The Morgan fingerprint density at radius 2 is 1.43 bits per heavy atom. The summed E-state index contributed by atoms with van der Waals surface area (Å²) in [6.45, 7) is 8.54. The van der Waals surface area contributed by atoms with E-state index in [1.807, 2.05) is 0 Å². The van der Waals surface area contributed by atoms with Gasteiger partial charge in [0.1, 0.15) is 0 Å². The molecule has 0 spiro atoms. The maximum atomic E-state index is 3.83. The fourth-order valence-corrected chi connectivity index (χ4v) is 0. The van der Waals surface area contributed by atoms with E-state index >= 15 is 0 Å². The van der Waals surface area contributed by atoms with Crippen molar-refractivity contribution in [2.45, 2.75) is 27.7 Å². The third-order valence-electron chi connectivity index (χ3n) is 1.28. The molecule has 0 bridgehead atoms. The van der Waals surface area contributed by atoms with Gasteiger partial charge < -0.3 is 0 Å². The molecule has 0 aromatic rings. The van der Waals surface area contributed by atoms with Crippen LogP contribution in [0.1, 0.15) is 27.7 Å². The van der Waals surface area contributed by atoms with E-state index in [0.717, 1.165) is 0 Å². The Labute approximate surface area is 47.0 Å². The SMILES string of the molecule is B=C(C)C(C)(C)C. The fraction of sp³-hybridized carbons (Fsp3) is 0.833. The van der Waals surface area contributed by atoms with Gasteiger partial charge in [-0.2, -0.15) is 0 Å². The Hall–Kier alpha value is -0.0651. The van der Waals surface area contributed by atoms with Crippen molar-refractivity contribution in [3.05, 3.63) is 0 Å². The normalized spacial score (nSPS) is 11.3. The Balaban J connectivity index is 3.79. The van der Waals surface area contributed by atoms with Crippen LogP contribution >= 0.6 is 0 Å². The molecule has 0 saturated heterocycles. The van der Waals surface area contributed by atoms with Crippen molar-refractivity contribution in [2.75, 3.05) is 0 Å². The van der Waals surface area contributed by atoms with Crippen LogP contribution in [0, 0.1) is 5.41 Å².